The molecule has 0 atom stereocenters. The van der Waals surface area contributed by atoms with Crippen molar-refractivity contribution in [2.75, 3.05) is 13.1 Å². The highest BCUT2D eigenvalue weighted by Crippen LogP contribution is 2.23. The Bertz CT molecular complexity index is 751. The minimum Gasteiger partial charge on any atom is -0.507 e. The third-order valence-electron chi connectivity index (χ3n) is 4.36. The van der Waals surface area contributed by atoms with Gasteiger partial charge in [-0.05, 0) is 37.1 Å². The van der Waals surface area contributed by atoms with Crippen molar-refractivity contribution < 1.29 is 19.1 Å². The van der Waals surface area contributed by atoms with Gasteiger partial charge in [-0.3, -0.25) is 9.59 Å². The fourth-order valence-corrected chi connectivity index (χ4v) is 2.97. The van der Waals surface area contributed by atoms with Crippen LogP contribution in [0.3, 0.4) is 0 Å². The number of nitrogens with zero attached hydrogens (tertiary/aromatic N) is 1. The van der Waals surface area contributed by atoms with E-state index in [2.05, 4.69) is 5.32 Å². The molecule has 2 N–H and O–H groups in total. The Morgan fingerprint density at radius 2 is 1.72 bits per heavy atom. The first-order valence-electron chi connectivity index (χ1n) is 8.19. The van der Waals surface area contributed by atoms with E-state index in [1.807, 2.05) is 6.07 Å². The third kappa shape index (κ3) is 3.79. The van der Waals surface area contributed by atoms with Crippen LogP contribution < -0.4 is 5.32 Å². The molecule has 130 valence electrons. The van der Waals surface area contributed by atoms with Crippen LogP contribution in [0.4, 0.5) is 4.39 Å². The van der Waals surface area contributed by atoms with E-state index in [0.717, 1.165) is 6.07 Å². The topological polar surface area (TPSA) is 69.6 Å². The van der Waals surface area contributed by atoms with Crippen LogP contribution in [0.25, 0.3) is 0 Å². The number of phenols is 1. The summed E-state index contributed by atoms with van der Waals surface area (Å²) < 4.78 is 13.8. The zero-order valence-corrected chi connectivity index (χ0v) is 13.6. The number of nitrogens with one attached hydrogen (secondary N) is 1. The molecule has 6 heteroatoms. The summed E-state index contributed by atoms with van der Waals surface area (Å²) in [5.41, 5.74) is 0.298. The van der Waals surface area contributed by atoms with Crippen LogP contribution in [0, 0.1) is 5.82 Å². The Balaban J connectivity index is 1.59. The second-order valence-electron chi connectivity index (χ2n) is 6.04. The molecule has 3 rings (SSSR count). The molecule has 2 amide bonds. The molecule has 2 aromatic carbocycles. The molecule has 2 aromatic rings. The molecule has 1 heterocycles. The van der Waals surface area contributed by atoms with E-state index >= 15 is 0 Å². The van der Waals surface area contributed by atoms with Crippen LogP contribution in [0.2, 0.25) is 0 Å². The normalized spacial score (nSPS) is 15.0. The van der Waals surface area contributed by atoms with Crippen molar-refractivity contribution in [2.24, 2.45) is 0 Å². The molecule has 0 unspecified atom stereocenters. The van der Waals surface area contributed by atoms with Crippen LogP contribution in [0.1, 0.15) is 33.6 Å². The Morgan fingerprint density at radius 1 is 1.04 bits per heavy atom. The summed E-state index contributed by atoms with van der Waals surface area (Å²) in [6, 6.07) is 12.7. The molecule has 1 saturated heterocycles. The molecule has 0 radical (unpaired) electrons. The van der Waals surface area contributed by atoms with Gasteiger partial charge in [-0.25, -0.2) is 4.39 Å². The summed E-state index contributed by atoms with van der Waals surface area (Å²) in [5, 5.41) is 12.7. The van der Waals surface area contributed by atoms with Crippen molar-refractivity contribution in [3.8, 4) is 5.75 Å². The van der Waals surface area contributed by atoms with Gasteiger partial charge in [0.05, 0.1) is 0 Å². The van der Waals surface area contributed by atoms with Crippen LogP contribution in [-0.4, -0.2) is 41.0 Å². The number of piperidine rings is 1. The van der Waals surface area contributed by atoms with Gasteiger partial charge in [0.15, 0.2) is 0 Å². The number of halogens is 1. The zero-order chi connectivity index (χ0) is 17.8. The third-order valence-corrected chi connectivity index (χ3v) is 4.36. The number of carbonyl (C=O) groups excluding carboxylic acids is 2. The number of aromatic hydroxyl groups is 1. The van der Waals surface area contributed by atoms with Gasteiger partial charge in [-0.1, -0.05) is 24.3 Å². The van der Waals surface area contributed by atoms with E-state index in [9.17, 15) is 19.1 Å². The maximum Gasteiger partial charge on any atom is 0.260 e. The van der Waals surface area contributed by atoms with Gasteiger partial charge in [-0.2, -0.15) is 0 Å². The van der Waals surface area contributed by atoms with E-state index in [1.54, 1.807) is 24.3 Å². The number of likely N-dealkylation sites (tertiary alicyclic amines) is 1. The van der Waals surface area contributed by atoms with Crippen molar-refractivity contribution in [2.45, 2.75) is 18.9 Å². The highest BCUT2D eigenvalue weighted by molar-refractivity contribution is 5.97. The van der Waals surface area contributed by atoms with Gasteiger partial charge in [0, 0.05) is 24.7 Å². The maximum absolute atomic E-state index is 13.8. The smallest absolute Gasteiger partial charge is 0.260 e. The van der Waals surface area contributed by atoms with Gasteiger partial charge in [0.2, 0.25) is 0 Å². The van der Waals surface area contributed by atoms with Gasteiger partial charge in [0.1, 0.15) is 17.1 Å². The molecular formula is C19H19FN2O3. The molecule has 1 aliphatic heterocycles. The molecule has 0 spiro atoms. The van der Waals surface area contributed by atoms with E-state index in [4.69, 9.17) is 0 Å². The lowest BCUT2D eigenvalue weighted by molar-refractivity contribution is 0.0690. The van der Waals surface area contributed by atoms with Crippen molar-refractivity contribution in [1.29, 1.82) is 0 Å². The summed E-state index contributed by atoms with van der Waals surface area (Å²) in [5.74, 6) is -1.76. The van der Waals surface area contributed by atoms with Crippen molar-refractivity contribution in [3.05, 3.63) is 65.5 Å². The standard InChI is InChI=1S/C19H19FN2O3/c20-15-7-4-8-16(23)17(15)19(25)22-11-9-14(10-12-22)21-18(24)13-5-2-1-3-6-13/h1-8,14,23H,9-12H2,(H,21,24). The SMILES string of the molecule is O=C(NC1CCN(C(=O)c2c(O)cccc2F)CC1)c1ccccc1. The number of amides is 2. The number of benzene rings is 2. The Kier molecular flexibility index (Phi) is 4.97. The Labute approximate surface area is 145 Å². The highest BCUT2D eigenvalue weighted by atomic mass is 19.1. The molecular weight excluding hydrogens is 323 g/mol. The van der Waals surface area contributed by atoms with Crippen molar-refractivity contribution in [1.82, 2.24) is 10.2 Å². The summed E-state index contributed by atoms with van der Waals surface area (Å²) in [6.07, 6.45) is 1.17. The number of phenolic OH excluding ortho intramolecular Hbond substituents is 1. The molecule has 0 bridgehead atoms. The fourth-order valence-electron chi connectivity index (χ4n) is 2.97. The second kappa shape index (κ2) is 7.34. The molecule has 5 nitrogen and oxygen atoms in total. The number of rotatable bonds is 3. The van der Waals surface area contributed by atoms with E-state index in [-0.39, 0.29) is 23.3 Å². The predicted molar refractivity (Wildman–Crippen MR) is 90.9 cm³/mol. The first-order chi connectivity index (χ1) is 12.1. The van der Waals surface area contributed by atoms with Gasteiger partial charge >= 0.3 is 0 Å². The average Bonchev–Trinajstić information content (AvgIpc) is 2.63. The zero-order valence-electron chi connectivity index (χ0n) is 13.6. The van der Waals surface area contributed by atoms with Gasteiger partial charge in [-0.15, -0.1) is 0 Å². The summed E-state index contributed by atoms with van der Waals surface area (Å²) >= 11 is 0. The summed E-state index contributed by atoms with van der Waals surface area (Å²) in [4.78, 5) is 26.1. The maximum atomic E-state index is 13.8. The summed E-state index contributed by atoms with van der Waals surface area (Å²) in [7, 11) is 0. The minimum absolute atomic E-state index is 0.0361. The van der Waals surface area contributed by atoms with E-state index in [0.29, 0.717) is 31.5 Å². The molecule has 25 heavy (non-hydrogen) atoms. The number of carbonyl (C=O) groups is 2. The first-order valence-corrected chi connectivity index (χ1v) is 8.19. The Hall–Kier alpha value is -2.89. The fraction of sp³-hybridized carbons (Fsp3) is 0.263. The van der Waals surface area contributed by atoms with Gasteiger partial charge < -0.3 is 15.3 Å². The number of hydrogen-bond donors (Lipinski definition) is 2. The number of hydrogen-bond acceptors (Lipinski definition) is 3. The van der Waals surface area contributed by atoms with Crippen LogP contribution in [0.15, 0.2) is 48.5 Å². The quantitative estimate of drug-likeness (QED) is 0.901. The lowest BCUT2D eigenvalue weighted by atomic mass is 10.0. The molecule has 0 aliphatic carbocycles. The summed E-state index contributed by atoms with van der Waals surface area (Å²) in [6.45, 7) is 0.790. The van der Waals surface area contributed by atoms with E-state index in [1.165, 1.54) is 17.0 Å². The lowest BCUT2D eigenvalue weighted by Gasteiger charge is -2.32. The van der Waals surface area contributed by atoms with Crippen LogP contribution in [-0.2, 0) is 0 Å². The van der Waals surface area contributed by atoms with Crippen molar-refractivity contribution >= 4 is 11.8 Å². The minimum atomic E-state index is -0.732. The van der Waals surface area contributed by atoms with Gasteiger partial charge in [0.25, 0.3) is 11.8 Å². The Morgan fingerprint density at radius 3 is 2.36 bits per heavy atom. The highest BCUT2D eigenvalue weighted by Gasteiger charge is 2.27. The predicted octanol–water partition coefficient (Wildman–Crippen LogP) is 2.57. The molecule has 0 aromatic heterocycles. The monoisotopic (exact) mass is 342 g/mol. The first kappa shape index (κ1) is 17.0. The lowest BCUT2D eigenvalue weighted by Crippen LogP contribution is -2.46. The van der Waals surface area contributed by atoms with E-state index < -0.39 is 11.7 Å². The average molecular weight is 342 g/mol. The van der Waals surface area contributed by atoms with Crippen molar-refractivity contribution in [3.63, 3.8) is 0 Å². The van der Waals surface area contributed by atoms with Crippen LogP contribution >= 0.6 is 0 Å². The largest absolute Gasteiger partial charge is 0.507 e. The molecule has 0 saturated carbocycles. The molecule has 1 aliphatic rings. The van der Waals surface area contributed by atoms with Crippen LogP contribution in [0.5, 0.6) is 5.75 Å². The molecule has 1 fully saturated rings. The second-order valence-corrected chi connectivity index (χ2v) is 6.04.